The Morgan fingerprint density at radius 2 is 1.95 bits per heavy atom. The molecule has 0 aliphatic rings. The fourth-order valence-corrected chi connectivity index (χ4v) is 2.60. The zero-order valence-corrected chi connectivity index (χ0v) is 13.6. The van der Waals surface area contributed by atoms with Crippen molar-refractivity contribution in [2.24, 2.45) is 0 Å². The van der Waals surface area contributed by atoms with Crippen LogP contribution in [0.3, 0.4) is 0 Å². The van der Waals surface area contributed by atoms with Gasteiger partial charge in [-0.2, -0.15) is 0 Å². The first-order valence-corrected chi connectivity index (χ1v) is 7.74. The minimum absolute atomic E-state index is 0.214. The first-order chi connectivity index (χ1) is 9.08. The van der Waals surface area contributed by atoms with Crippen molar-refractivity contribution in [3.8, 4) is 0 Å². The lowest BCUT2D eigenvalue weighted by Crippen LogP contribution is -2.33. The van der Waals surface area contributed by atoms with Crippen LogP contribution in [-0.4, -0.2) is 31.1 Å². The van der Waals surface area contributed by atoms with Crippen LogP contribution >= 0.6 is 23.2 Å². The molecule has 0 fully saturated rings. The number of rotatable bonds is 8. The Morgan fingerprint density at radius 3 is 2.58 bits per heavy atom. The van der Waals surface area contributed by atoms with E-state index in [9.17, 15) is 0 Å². The molecular formula is C15H24Cl2N2. The highest BCUT2D eigenvalue weighted by Gasteiger charge is 2.10. The molecule has 4 heteroatoms. The lowest BCUT2D eigenvalue weighted by atomic mass is 10.1. The topological polar surface area (TPSA) is 15.3 Å². The number of nitrogens with one attached hydrogen (secondary N) is 1. The van der Waals surface area contributed by atoms with Gasteiger partial charge < -0.3 is 10.2 Å². The fourth-order valence-electron chi connectivity index (χ4n) is 2.14. The van der Waals surface area contributed by atoms with Crippen LogP contribution in [0.1, 0.15) is 38.8 Å². The smallest absolute Gasteiger partial charge is 0.0454 e. The normalized spacial score (nSPS) is 12.9. The Balaban J connectivity index is 2.46. The third kappa shape index (κ3) is 5.70. The molecule has 0 amide bonds. The van der Waals surface area contributed by atoms with Gasteiger partial charge in [0.1, 0.15) is 0 Å². The molecule has 0 bridgehead atoms. The van der Waals surface area contributed by atoms with E-state index in [1.54, 1.807) is 0 Å². The molecule has 0 saturated heterocycles. The minimum atomic E-state index is 0.214. The van der Waals surface area contributed by atoms with Gasteiger partial charge in [0.05, 0.1) is 0 Å². The molecule has 1 N–H and O–H groups in total. The van der Waals surface area contributed by atoms with Crippen molar-refractivity contribution >= 4 is 23.2 Å². The Labute approximate surface area is 127 Å². The van der Waals surface area contributed by atoms with E-state index in [0.29, 0.717) is 0 Å². The summed E-state index contributed by atoms with van der Waals surface area (Å²) >= 11 is 12.2. The maximum Gasteiger partial charge on any atom is 0.0454 e. The second-order valence-electron chi connectivity index (χ2n) is 4.78. The predicted molar refractivity (Wildman–Crippen MR) is 85.3 cm³/mol. The number of hydrogen-bond donors (Lipinski definition) is 1. The molecule has 2 nitrogen and oxygen atoms in total. The summed E-state index contributed by atoms with van der Waals surface area (Å²) in [5, 5.41) is 5.00. The van der Waals surface area contributed by atoms with Gasteiger partial charge in [0, 0.05) is 29.2 Å². The summed E-state index contributed by atoms with van der Waals surface area (Å²) in [7, 11) is 0. The highest BCUT2D eigenvalue weighted by atomic mass is 35.5. The average Bonchev–Trinajstić information content (AvgIpc) is 2.40. The van der Waals surface area contributed by atoms with Gasteiger partial charge in [0.15, 0.2) is 0 Å². The number of likely N-dealkylation sites (N-methyl/N-ethyl adjacent to an activating group) is 1. The van der Waals surface area contributed by atoms with E-state index in [-0.39, 0.29) is 6.04 Å². The van der Waals surface area contributed by atoms with Gasteiger partial charge in [-0.05, 0) is 50.2 Å². The lowest BCUT2D eigenvalue weighted by Gasteiger charge is -2.22. The number of nitrogens with zero attached hydrogens (tertiary/aromatic N) is 1. The summed E-state index contributed by atoms with van der Waals surface area (Å²) in [6, 6.07) is 5.82. The molecule has 0 aliphatic heterocycles. The maximum atomic E-state index is 6.20. The van der Waals surface area contributed by atoms with Crippen LogP contribution in [0.25, 0.3) is 0 Å². The molecule has 0 heterocycles. The van der Waals surface area contributed by atoms with Gasteiger partial charge in [-0.1, -0.05) is 37.0 Å². The van der Waals surface area contributed by atoms with Crippen molar-refractivity contribution < 1.29 is 0 Å². The van der Waals surface area contributed by atoms with Gasteiger partial charge in [0.2, 0.25) is 0 Å². The predicted octanol–water partition coefficient (Wildman–Crippen LogP) is 4.38. The van der Waals surface area contributed by atoms with E-state index in [0.717, 1.165) is 41.8 Å². The quantitative estimate of drug-likeness (QED) is 0.767. The molecule has 1 atom stereocenters. The minimum Gasteiger partial charge on any atom is -0.309 e. The molecule has 0 aromatic heterocycles. The standard InChI is InChI=1S/C15H24Cl2N2/c1-4-9-19(5-2)10-8-18-12(3)14-11-13(16)6-7-15(14)17/h6-7,11-12,18H,4-5,8-10H2,1-3H3. The molecule has 0 aliphatic carbocycles. The zero-order valence-electron chi connectivity index (χ0n) is 12.0. The Bertz CT molecular complexity index is 382. The molecule has 0 spiro atoms. The summed E-state index contributed by atoms with van der Waals surface area (Å²) in [6.45, 7) is 10.8. The molecule has 1 aromatic carbocycles. The van der Waals surface area contributed by atoms with Crippen LogP contribution in [0.2, 0.25) is 10.0 Å². The molecular weight excluding hydrogens is 279 g/mol. The molecule has 1 aromatic rings. The SMILES string of the molecule is CCCN(CC)CCNC(C)c1cc(Cl)ccc1Cl. The van der Waals surface area contributed by atoms with Crippen molar-refractivity contribution in [3.05, 3.63) is 33.8 Å². The van der Waals surface area contributed by atoms with E-state index >= 15 is 0 Å². The van der Waals surface area contributed by atoms with Gasteiger partial charge in [-0.25, -0.2) is 0 Å². The number of benzene rings is 1. The molecule has 0 radical (unpaired) electrons. The molecule has 1 rings (SSSR count). The average molecular weight is 303 g/mol. The lowest BCUT2D eigenvalue weighted by molar-refractivity contribution is 0.284. The third-order valence-electron chi connectivity index (χ3n) is 3.29. The second-order valence-corrected chi connectivity index (χ2v) is 5.62. The van der Waals surface area contributed by atoms with Crippen LogP contribution < -0.4 is 5.32 Å². The van der Waals surface area contributed by atoms with Gasteiger partial charge in [-0.15, -0.1) is 0 Å². The highest BCUT2D eigenvalue weighted by molar-refractivity contribution is 6.33. The van der Waals surface area contributed by atoms with Gasteiger partial charge in [-0.3, -0.25) is 0 Å². The summed E-state index contributed by atoms with van der Waals surface area (Å²) < 4.78 is 0. The van der Waals surface area contributed by atoms with Crippen molar-refractivity contribution in [3.63, 3.8) is 0 Å². The first kappa shape index (κ1) is 16.8. The number of halogens is 2. The Kier molecular flexibility index (Phi) is 7.77. The van der Waals surface area contributed by atoms with E-state index in [1.807, 2.05) is 18.2 Å². The van der Waals surface area contributed by atoms with Gasteiger partial charge in [0.25, 0.3) is 0 Å². The van der Waals surface area contributed by atoms with Crippen LogP contribution in [0.4, 0.5) is 0 Å². The molecule has 108 valence electrons. The fraction of sp³-hybridized carbons (Fsp3) is 0.600. The summed E-state index contributed by atoms with van der Waals surface area (Å²) in [5.74, 6) is 0. The Morgan fingerprint density at radius 1 is 1.21 bits per heavy atom. The van der Waals surface area contributed by atoms with Crippen molar-refractivity contribution in [1.29, 1.82) is 0 Å². The molecule has 0 saturated carbocycles. The summed E-state index contributed by atoms with van der Waals surface area (Å²) in [4.78, 5) is 2.44. The van der Waals surface area contributed by atoms with E-state index in [1.165, 1.54) is 6.42 Å². The summed E-state index contributed by atoms with van der Waals surface area (Å²) in [6.07, 6.45) is 1.20. The van der Waals surface area contributed by atoms with Crippen LogP contribution in [0.5, 0.6) is 0 Å². The summed E-state index contributed by atoms with van der Waals surface area (Å²) in [5.41, 5.74) is 1.06. The largest absolute Gasteiger partial charge is 0.309 e. The van der Waals surface area contributed by atoms with Crippen molar-refractivity contribution in [1.82, 2.24) is 10.2 Å². The second kappa shape index (κ2) is 8.80. The Hall–Kier alpha value is -0.280. The van der Waals surface area contributed by atoms with E-state index < -0.39 is 0 Å². The zero-order chi connectivity index (χ0) is 14.3. The molecule has 1 unspecified atom stereocenters. The molecule has 19 heavy (non-hydrogen) atoms. The van der Waals surface area contributed by atoms with Crippen LogP contribution in [0.15, 0.2) is 18.2 Å². The highest BCUT2D eigenvalue weighted by Crippen LogP contribution is 2.25. The van der Waals surface area contributed by atoms with E-state index in [4.69, 9.17) is 23.2 Å². The van der Waals surface area contributed by atoms with Crippen molar-refractivity contribution in [2.45, 2.75) is 33.2 Å². The van der Waals surface area contributed by atoms with Crippen molar-refractivity contribution in [2.75, 3.05) is 26.2 Å². The van der Waals surface area contributed by atoms with E-state index in [2.05, 4.69) is 31.0 Å². The van der Waals surface area contributed by atoms with Gasteiger partial charge >= 0.3 is 0 Å². The maximum absolute atomic E-state index is 6.20. The monoisotopic (exact) mass is 302 g/mol. The third-order valence-corrected chi connectivity index (χ3v) is 3.87. The number of hydrogen-bond acceptors (Lipinski definition) is 2. The van der Waals surface area contributed by atoms with Crippen LogP contribution in [-0.2, 0) is 0 Å². The first-order valence-electron chi connectivity index (χ1n) is 6.99. The van der Waals surface area contributed by atoms with Crippen LogP contribution in [0, 0.1) is 0 Å².